The fourth-order valence-electron chi connectivity index (χ4n) is 1.25. The molecule has 1 rings (SSSR count). The number of hydrogen-bond acceptors (Lipinski definition) is 3. The number of nitrogens with one attached hydrogen (secondary N) is 1. The van der Waals surface area contributed by atoms with Gasteiger partial charge in [-0.15, -0.1) is 11.8 Å². The zero-order valence-electron chi connectivity index (χ0n) is 10.9. The molecular formula is C13H19BrN2OS. The van der Waals surface area contributed by atoms with Crippen LogP contribution in [0.3, 0.4) is 0 Å². The Bertz CT molecular complexity index is 400. The Morgan fingerprint density at radius 2 is 2.00 bits per heavy atom. The van der Waals surface area contributed by atoms with E-state index in [1.54, 1.807) is 25.6 Å². The largest absolute Gasteiger partial charge is 0.353 e. The van der Waals surface area contributed by atoms with Crippen molar-refractivity contribution >= 4 is 33.6 Å². The zero-order chi connectivity index (χ0) is 13.8. The fourth-order valence-corrected chi connectivity index (χ4v) is 2.44. The van der Waals surface area contributed by atoms with Crippen molar-refractivity contribution in [1.82, 2.24) is 5.32 Å². The van der Waals surface area contributed by atoms with Crippen LogP contribution in [0.25, 0.3) is 0 Å². The van der Waals surface area contributed by atoms with Crippen molar-refractivity contribution in [2.45, 2.75) is 36.5 Å². The van der Waals surface area contributed by atoms with Crippen LogP contribution in [0, 0.1) is 0 Å². The molecule has 1 aromatic rings. The molecule has 0 fully saturated rings. The maximum absolute atomic E-state index is 11.6. The number of carbonyl (C=O) groups excluding carboxylic acids is 1. The predicted octanol–water partition coefficient (Wildman–Crippen LogP) is 2.78. The van der Waals surface area contributed by atoms with Gasteiger partial charge >= 0.3 is 0 Å². The molecule has 0 spiro atoms. The van der Waals surface area contributed by atoms with E-state index >= 15 is 0 Å². The van der Waals surface area contributed by atoms with Crippen LogP contribution >= 0.6 is 27.7 Å². The van der Waals surface area contributed by atoms with E-state index in [2.05, 4.69) is 40.3 Å². The molecule has 1 aromatic carbocycles. The zero-order valence-corrected chi connectivity index (χ0v) is 13.3. The number of halogens is 1. The number of amides is 1. The van der Waals surface area contributed by atoms with E-state index < -0.39 is 5.54 Å². The first-order valence-corrected chi connectivity index (χ1v) is 7.45. The van der Waals surface area contributed by atoms with Crippen LogP contribution in [0.15, 0.2) is 33.6 Å². The number of thioether (sulfide) groups is 1. The van der Waals surface area contributed by atoms with Crippen molar-refractivity contribution in [3.8, 4) is 0 Å². The third-order valence-corrected chi connectivity index (χ3v) is 3.93. The average Bonchev–Trinajstić information content (AvgIpc) is 2.28. The van der Waals surface area contributed by atoms with Gasteiger partial charge in [0.2, 0.25) is 5.91 Å². The normalized spacial score (nSPS) is 13.2. The average molecular weight is 331 g/mol. The number of nitrogens with two attached hydrogens (primary N) is 1. The summed E-state index contributed by atoms with van der Waals surface area (Å²) in [6, 6.07) is 8.13. The van der Waals surface area contributed by atoms with Crippen LogP contribution in [0.5, 0.6) is 0 Å². The molecule has 0 aromatic heterocycles. The molecule has 0 heterocycles. The van der Waals surface area contributed by atoms with Gasteiger partial charge in [-0.3, -0.25) is 4.79 Å². The van der Waals surface area contributed by atoms with Gasteiger partial charge < -0.3 is 11.1 Å². The first kappa shape index (κ1) is 15.5. The SMILES string of the molecule is CC(CNC(=O)C(C)(C)N)Sc1ccc(Br)cc1. The van der Waals surface area contributed by atoms with Gasteiger partial charge in [0.05, 0.1) is 5.54 Å². The van der Waals surface area contributed by atoms with Gasteiger partial charge in [0.1, 0.15) is 0 Å². The Kier molecular flexibility index (Phi) is 5.69. The monoisotopic (exact) mass is 330 g/mol. The maximum atomic E-state index is 11.6. The summed E-state index contributed by atoms with van der Waals surface area (Å²) >= 11 is 5.13. The minimum absolute atomic E-state index is 0.120. The predicted molar refractivity (Wildman–Crippen MR) is 80.7 cm³/mol. The molecule has 3 N–H and O–H groups in total. The Hall–Kier alpha value is -0.520. The summed E-state index contributed by atoms with van der Waals surface area (Å²) in [4.78, 5) is 12.8. The Morgan fingerprint density at radius 3 is 2.50 bits per heavy atom. The molecule has 0 aliphatic carbocycles. The van der Waals surface area contributed by atoms with Crippen LogP contribution in [0.1, 0.15) is 20.8 Å². The molecule has 0 aliphatic rings. The van der Waals surface area contributed by atoms with E-state index in [9.17, 15) is 4.79 Å². The first-order chi connectivity index (χ1) is 8.29. The molecule has 3 nitrogen and oxygen atoms in total. The van der Waals surface area contributed by atoms with Crippen molar-refractivity contribution in [2.75, 3.05) is 6.54 Å². The third-order valence-electron chi connectivity index (χ3n) is 2.29. The molecule has 100 valence electrons. The summed E-state index contributed by atoms with van der Waals surface area (Å²) in [6.07, 6.45) is 0. The third kappa shape index (κ3) is 5.42. The minimum atomic E-state index is -0.817. The van der Waals surface area contributed by atoms with Crippen molar-refractivity contribution in [3.63, 3.8) is 0 Å². The van der Waals surface area contributed by atoms with Crippen molar-refractivity contribution < 1.29 is 4.79 Å². The smallest absolute Gasteiger partial charge is 0.239 e. The summed E-state index contributed by atoms with van der Waals surface area (Å²) in [6.45, 7) is 6.10. The van der Waals surface area contributed by atoms with Crippen molar-refractivity contribution in [2.24, 2.45) is 5.73 Å². The van der Waals surface area contributed by atoms with Gasteiger partial charge in [0, 0.05) is 21.2 Å². The van der Waals surface area contributed by atoms with Crippen molar-refractivity contribution in [1.29, 1.82) is 0 Å². The highest BCUT2D eigenvalue weighted by molar-refractivity contribution is 9.10. The van der Waals surface area contributed by atoms with Crippen LogP contribution in [0.2, 0.25) is 0 Å². The molecule has 1 unspecified atom stereocenters. The van der Waals surface area contributed by atoms with Gasteiger partial charge in [0.25, 0.3) is 0 Å². The molecule has 0 saturated heterocycles. The van der Waals surface area contributed by atoms with Crippen LogP contribution in [-0.2, 0) is 4.79 Å². The second-order valence-electron chi connectivity index (χ2n) is 4.81. The highest BCUT2D eigenvalue weighted by Crippen LogP contribution is 2.24. The topological polar surface area (TPSA) is 55.1 Å². The molecule has 0 saturated carbocycles. The van der Waals surface area contributed by atoms with Gasteiger partial charge in [-0.1, -0.05) is 22.9 Å². The minimum Gasteiger partial charge on any atom is -0.353 e. The van der Waals surface area contributed by atoms with Crippen molar-refractivity contribution in [3.05, 3.63) is 28.7 Å². The Balaban J connectivity index is 2.40. The highest BCUT2D eigenvalue weighted by Gasteiger charge is 2.21. The highest BCUT2D eigenvalue weighted by atomic mass is 79.9. The van der Waals surface area contributed by atoms with Crippen LogP contribution in [-0.4, -0.2) is 23.2 Å². The number of hydrogen-bond donors (Lipinski definition) is 2. The van der Waals surface area contributed by atoms with Gasteiger partial charge in [-0.2, -0.15) is 0 Å². The van der Waals surface area contributed by atoms with Gasteiger partial charge in [0.15, 0.2) is 0 Å². The lowest BCUT2D eigenvalue weighted by atomic mass is 10.1. The number of benzene rings is 1. The van der Waals surface area contributed by atoms with E-state index in [-0.39, 0.29) is 5.91 Å². The molecule has 0 radical (unpaired) electrons. The molecule has 1 atom stereocenters. The number of rotatable bonds is 5. The molecule has 0 bridgehead atoms. The second kappa shape index (κ2) is 6.59. The van der Waals surface area contributed by atoms with Crippen LogP contribution in [0.4, 0.5) is 0 Å². The summed E-state index contributed by atoms with van der Waals surface area (Å²) in [5.41, 5.74) is 4.89. The maximum Gasteiger partial charge on any atom is 0.239 e. The van der Waals surface area contributed by atoms with E-state index in [4.69, 9.17) is 5.73 Å². The van der Waals surface area contributed by atoms with E-state index in [1.807, 2.05) is 12.1 Å². The lowest BCUT2D eigenvalue weighted by molar-refractivity contribution is -0.125. The van der Waals surface area contributed by atoms with E-state index in [1.165, 1.54) is 4.90 Å². The van der Waals surface area contributed by atoms with Crippen LogP contribution < -0.4 is 11.1 Å². The Morgan fingerprint density at radius 1 is 1.44 bits per heavy atom. The summed E-state index contributed by atoms with van der Waals surface area (Å²) in [7, 11) is 0. The quantitative estimate of drug-likeness (QED) is 0.816. The molecule has 0 aliphatic heterocycles. The summed E-state index contributed by atoms with van der Waals surface area (Å²) in [5.74, 6) is -0.120. The van der Waals surface area contributed by atoms with E-state index in [0.717, 1.165) is 4.47 Å². The fraction of sp³-hybridized carbons (Fsp3) is 0.462. The Labute approximate surface area is 121 Å². The molecule has 18 heavy (non-hydrogen) atoms. The summed E-state index contributed by atoms with van der Waals surface area (Å²) in [5, 5.41) is 3.16. The summed E-state index contributed by atoms with van der Waals surface area (Å²) < 4.78 is 1.07. The standard InChI is InChI=1S/C13H19BrN2OS/c1-9(8-16-12(17)13(2,3)15)18-11-6-4-10(14)5-7-11/h4-7,9H,8,15H2,1-3H3,(H,16,17). The van der Waals surface area contributed by atoms with E-state index in [0.29, 0.717) is 11.8 Å². The molecular weight excluding hydrogens is 312 g/mol. The lowest BCUT2D eigenvalue weighted by Crippen LogP contribution is -2.50. The second-order valence-corrected chi connectivity index (χ2v) is 7.24. The first-order valence-electron chi connectivity index (χ1n) is 5.78. The molecule has 5 heteroatoms. The van der Waals surface area contributed by atoms with Gasteiger partial charge in [-0.25, -0.2) is 0 Å². The van der Waals surface area contributed by atoms with Gasteiger partial charge in [-0.05, 0) is 38.1 Å². The lowest BCUT2D eigenvalue weighted by Gasteiger charge is -2.19. The number of carbonyl (C=O) groups is 1. The molecule has 1 amide bonds.